The van der Waals surface area contributed by atoms with Gasteiger partial charge < -0.3 is 10.2 Å². The third-order valence-electron chi connectivity index (χ3n) is 6.42. The lowest BCUT2D eigenvalue weighted by Gasteiger charge is -2.36. The molecule has 4 heterocycles. The molecular formula is C22H32N6O2. The minimum atomic E-state index is -0.00862. The molecule has 2 aliphatic heterocycles. The monoisotopic (exact) mass is 412 g/mol. The second-order valence-corrected chi connectivity index (χ2v) is 8.78. The van der Waals surface area contributed by atoms with Crippen molar-refractivity contribution in [3.63, 3.8) is 0 Å². The number of likely N-dealkylation sites (tertiary alicyclic amines) is 1. The number of rotatable bonds is 5. The van der Waals surface area contributed by atoms with E-state index in [1.807, 2.05) is 21.2 Å². The molecule has 0 bridgehead atoms. The molecule has 0 saturated carbocycles. The topological polar surface area (TPSA) is 85.0 Å². The molecule has 2 aromatic rings. The Bertz CT molecular complexity index is 930. The van der Waals surface area contributed by atoms with Crippen LogP contribution in [-0.2, 0) is 24.3 Å². The van der Waals surface area contributed by atoms with E-state index in [0.29, 0.717) is 12.5 Å². The van der Waals surface area contributed by atoms with Gasteiger partial charge in [-0.3, -0.25) is 19.0 Å². The zero-order valence-electron chi connectivity index (χ0n) is 18.2. The smallest absolute Gasteiger partial charge is 0.257 e. The van der Waals surface area contributed by atoms with Crippen molar-refractivity contribution in [2.24, 2.45) is 5.92 Å². The Balaban J connectivity index is 1.51. The van der Waals surface area contributed by atoms with Gasteiger partial charge >= 0.3 is 0 Å². The first-order valence-electron chi connectivity index (χ1n) is 11.0. The molecule has 4 rings (SSSR count). The van der Waals surface area contributed by atoms with E-state index in [9.17, 15) is 9.59 Å². The van der Waals surface area contributed by atoms with E-state index in [1.165, 1.54) is 0 Å². The standard InChI is InChI=1S/C22H32N6O2/c1-15-10-16(2)28(25-15)14-19-6-4-5-8-26(19)22(30)20-13-24-27-9-7-18(11-21(20)27)12-23-17(3)29/h10,13,18-19H,4-9,11-12,14H2,1-3H3,(H,23,29). The number of nitrogens with one attached hydrogen (secondary N) is 1. The van der Waals surface area contributed by atoms with Gasteiger partial charge in [0.05, 0.1) is 35.7 Å². The molecule has 2 amide bonds. The number of hydrogen-bond donors (Lipinski definition) is 1. The summed E-state index contributed by atoms with van der Waals surface area (Å²) in [4.78, 5) is 26.9. The van der Waals surface area contributed by atoms with E-state index >= 15 is 0 Å². The van der Waals surface area contributed by atoms with Gasteiger partial charge in [-0.15, -0.1) is 0 Å². The molecule has 0 spiro atoms. The molecule has 8 nitrogen and oxygen atoms in total. The van der Waals surface area contributed by atoms with Gasteiger partial charge in [0.1, 0.15) is 0 Å². The third kappa shape index (κ3) is 4.27. The predicted octanol–water partition coefficient (Wildman–Crippen LogP) is 2.09. The summed E-state index contributed by atoms with van der Waals surface area (Å²) in [5.74, 6) is 0.421. The Kier molecular flexibility index (Phi) is 5.92. The number of aryl methyl sites for hydroxylation is 3. The van der Waals surface area contributed by atoms with Crippen LogP contribution >= 0.6 is 0 Å². The van der Waals surface area contributed by atoms with Crippen LogP contribution < -0.4 is 5.32 Å². The number of hydrogen-bond acceptors (Lipinski definition) is 4. The molecule has 2 unspecified atom stereocenters. The van der Waals surface area contributed by atoms with E-state index in [-0.39, 0.29) is 17.9 Å². The molecule has 8 heteroatoms. The molecule has 0 radical (unpaired) electrons. The van der Waals surface area contributed by atoms with Crippen LogP contribution in [0.1, 0.15) is 60.0 Å². The molecule has 162 valence electrons. The van der Waals surface area contributed by atoms with Crippen molar-refractivity contribution in [2.75, 3.05) is 13.1 Å². The number of carbonyl (C=O) groups excluding carboxylic acids is 2. The molecule has 0 aromatic carbocycles. The summed E-state index contributed by atoms with van der Waals surface area (Å²) in [6.07, 6.45) is 6.66. The fraction of sp³-hybridized carbons (Fsp3) is 0.636. The van der Waals surface area contributed by atoms with Gasteiger partial charge in [-0.05, 0) is 57.9 Å². The Morgan fingerprint density at radius 1 is 1.20 bits per heavy atom. The van der Waals surface area contributed by atoms with Crippen LogP contribution in [0.4, 0.5) is 0 Å². The maximum absolute atomic E-state index is 13.6. The molecule has 2 aliphatic rings. The maximum Gasteiger partial charge on any atom is 0.257 e. The van der Waals surface area contributed by atoms with Crippen LogP contribution in [0.25, 0.3) is 0 Å². The van der Waals surface area contributed by atoms with Crippen LogP contribution in [0, 0.1) is 19.8 Å². The van der Waals surface area contributed by atoms with Crippen LogP contribution in [0.3, 0.4) is 0 Å². The third-order valence-corrected chi connectivity index (χ3v) is 6.42. The summed E-state index contributed by atoms with van der Waals surface area (Å²) in [6.45, 7) is 8.58. The molecule has 1 saturated heterocycles. The molecule has 2 aromatic heterocycles. The fourth-order valence-corrected chi connectivity index (χ4v) is 4.81. The first-order chi connectivity index (χ1) is 14.4. The normalized spacial score (nSPS) is 21.4. The molecule has 30 heavy (non-hydrogen) atoms. The van der Waals surface area contributed by atoms with E-state index < -0.39 is 0 Å². The van der Waals surface area contributed by atoms with E-state index in [4.69, 9.17) is 0 Å². The van der Waals surface area contributed by atoms with Gasteiger partial charge in [0.2, 0.25) is 5.91 Å². The summed E-state index contributed by atoms with van der Waals surface area (Å²) < 4.78 is 4.00. The Labute approximate surface area is 177 Å². The summed E-state index contributed by atoms with van der Waals surface area (Å²) in [6, 6.07) is 2.23. The van der Waals surface area contributed by atoms with Crippen LogP contribution in [0.5, 0.6) is 0 Å². The van der Waals surface area contributed by atoms with Gasteiger partial charge in [0, 0.05) is 32.3 Å². The predicted molar refractivity (Wildman–Crippen MR) is 113 cm³/mol. The highest BCUT2D eigenvalue weighted by Gasteiger charge is 2.32. The Morgan fingerprint density at radius 3 is 2.77 bits per heavy atom. The lowest BCUT2D eigenvalue weighted by atomic mass is 9.93. The van der Waals surface area contributed by atoms with Crippen molar-refractivity contribution >= 4 is 11.8 Å². The molecule has 2 atom stereocenters. The zero-order chi connectivity index (χ0) is 21.3. The quantitative estimate of drug-likeness (QED) is 0.815. The van der Waals surface area contributed by atoms with E-state index in [2.05, 4.69) is 28.5 Å². The molecule has 0 aliphatic carbocycles. The zero-order valence-corrected chi connectivity index (χ0v) is 18.2. The lowest BCUT2D eigenvalue weighted by molar-refractivity contribution is -0.119. The van der Waals surface area contributed by atoms with Crippen LogP contribution in [-0.4, -0.2) is 55.4 Å². The number of amides is 2. The largest absolute Gasteiger partial charge is 0.356 e. The van der Waals surface area contributed by atoms with Crippen molar-refractivity contribution in [1.29, 1.82) is 0 Å². The van der Waals surface area contributed by atoms with Crippen molar-refractivity contribution in [3.8, 4) is 0 Å². The summed E-state index contributed by atoms with van der Waals surface area (Å²) in [7, 11) is 0. The molecular weight excluding hydrogens is 380 g/mol. The van der Waals surface area contributed by atoms with Crippen molar-refractivity contribution < 1.29 is 9.59 Å². The highest BCUT2D eigenvalue weighted by Crippen LogP contribution is 2.27. The number of fused-ring (bicyclic) bond motifs is 1. The van der Waals surface area contributed by atoms with Crippen LogP contribution in [0.2, 0.25) is 0 Å². The van der Waals surface area contributed by atoms with E-state index in [1.54, 1.807) is 13.1 Å². The van der Waals surface area contributed by atoms with E-state index in [0.717, 1.165) is 74.4 Å². The molecule has 1 N–H and O–H groups in total. The van der Waals surface area contributed by atoms with Gasteiger partial charge in [-0.25, -0.2) is 0 Å². The SMILES string of the molecule is CC(=O)NCC1CCn2ncc(C(=O)N3CCCCC3Cn3nc(C)cc3C)c2C1. The average molecular weight is 413 g/mol. The molecule has 1 fully saturated rings. The van der Waals surface area contributed by atoms with Crippen molar-refractivity contribution in [2.45, 2.75) is 72.0 Å². The second kappa shape index (κ2) is 8.62. The van der Waals surface area contributed by atoms with Gasteiger partial charge in [0.15, 0.2) is 0 Å². The van der Waals surface area contributed by atoms with Gasteiger partial charge in [-0.2, -0.15) is 10.2 Å². The minimum Gasteiger partial charge on any atom is -0.356 e. The van der Waals surface area contributed by atoms with Crippen LogP contribution in [0.15, 0.2) is 12.3 Å². The summed E-state index contributed by atoms with van der Waals surface area (Å²) in [5.41, 5.74) is 3.88. The second-order valence-electron chi connectivity index (χ2n) is 8.78. The number of carbonyl (C=O) groups is 2. The number of nitrogens with zero attached hydrogens (tertiary/aromatic N) is 5. The first kappa shape index (κ1) is 20.6. The van der Waals surface area contributed by atoms with Gasteiger partial charge in [0.25, 0.3) is 5.91 Å². The minimum absolute atomic E-state index is 0.00862. The van der Waals surface area contributed by atoms with Gasteiger partial charge in [-0.1, -0.05) is 0 Å². The highest BCUT2D eigenvalue weighted by molar-refractivity contribution is 5.95. The summed E-state index contributed by atoms with van der Waals surface area (Å²) >= 11 is 0. The Morgan fingerprint density at radius 2 is 2.03 bits per heavy atom. The fourth-order valence-electron chi connectivity index (χ4n) is 4.81. The lowest BCUT2D eigenvalue weighted by Crippen LogP contribution is -2.46. The summed E-state index contributed by atoms with van der Waals surface area (Å²) in [5, 5.41) is 12.0. The van der Waals surface area contributed by atoms with Crippen molar-refractivity contribution in [3.05, 3.63) is 34.9 Å². The number of piperidine rings is 1. The maximum atomic E-state index is 13.6. The van der Waals surface area contributed by atoms with Crippen molar-refractivity contribution in [1.82, 2.24) is 29.8 Å². The Hall–Kier alpha value is -2.64. The average Bonchev–Trinajstić information content (AvgIpc) is 3.28. The highest BCUT2D eigenvalue weighted by atomic mass is 16.2. The number of aromatic nitrogens is 4. The first-order valence-corrected chi connectivity index (χ1v) is 11.0.